The predicted octanol–water partition coefficient (Wildman–Crippen LogP) is -2.15. The number of nitrogens with one attached hydrogen (secondary N) is 5. The Morgan fingerprint density at radius 2 is 1.52 bits per heavy atom. The summed E-state index contributed by atoms with van der Waals surface area (Å²) in [4.78, 5) is 49.0. The molecule has 0 unspecified atom stereocenters. The fourth-order valence-electron chi connectivity index (χ4n) is 2.82. The molecule has 11 N–H and O–H groups in total. The van der Waals surface area contributed by atoms with Crippen LogP contribution in [0.3, 0.4) is 0 Å². The van der Waals surface area contributed by atoms with Crippen LogP contribution in [-0.2, 0) is 19.2 Å². The van der Waals surface area contributed by atoms with Crippen LogP contribution in [0.4, 0.5) is 0 Å². The minimum Gasteiger partial charge on any atom is -0.370 e. The molecule has 0 aromatic rings. The first kappa shape index (κ1) is 28.1. The van der Waals surface area contributed by atoms with E-state index in [9.17, 15) is 19.2 Å². The molecule has 0 rings (SSSR count). The number of carbonyl (C=O) groups is 4. The Bertz CT molecular complexity index is 638. The summed E-state index contributed by atoms with van der Waals surface area (Å²) in [6.45, 7) is 7.39. The number of amides is 4. The van der Waals surface area contributed by atoms with Crippen LogP contribution in [0.25, 0.3) is 0 Å². The second-order valence-corrected chi connectivity index (χ2v) is 8.13. The van der Waals surface area contributed by atoms with E-state index in [0.29, 0.717) is 19.4 Å². The molecule has 31 heavy (non-hydrogen) atoms. The summed E-state index contributed by atoms with van der Waals surface area (Å²) in [6.07, 6.45) is 1.05. The van der Waals surface area contributed by atoms with Gasteiger partial charge in [0.1, 0.15) is 18.1 Å². The largest absolute Gasteiger partial charge is 0.370 e. The van der Waals surface area contributed by atoms with Gasteiger partial charge in [-0.3, -0.25) is 24.6 Å². The normalized spacial score (nSPS) is 13.8. The van der Waals surface area contributed by atoms with Gasteiger partial charge in [-0.15, -0.1) is 0 Å². The Hall–Kier alpha value is -2.89. The highest BCUT2D eigenvalue weighted by Gasteiger charge is 2.30. The zero-order chi connectivity index (χ0) is 24.1. The maximum Gasteiger partial charge on any atom is 0.243 e. The van der Waals surface area contributed by atoms with E-state index in [1.807, 2.05) is 13.8 Å². The molecule has 4 amide bonds. The van der Waals surface area contributed by atoms with Gasteiger partial charge in [0.15, 0.2) is 5.96 Å². The zero-order valence-corrected chi connectivity index (χ0v) is 18.8. The zero-order valence-electron chi connectivity index (χ0n) is 18.8. The predicted molar refractivity (Wildman–Crippen MR) is 117 cm³/mol. The monoisotopic (exact) mass is 442 g/mol. The van der Waals surface area contributed by atoms with Crippen molar-refractivity contribution in [2.75, 3.05) is 13.1 Å². The molecule has 3 atom stereocenters. The van der Waals surface area contributed by atoms with E-state index in [0.717, 1.165) is 0 Å². The Kier molecular flexibility index (Phi) is 12.9. The highest BCUT2D eigenvalue weighted by atomic mass is 16.2. The van der Waals surface area contributed by atoms with Gasteiger partial charge in [0.25, 0.3) is 0 Å². The molecule has 0 aromatic heterocycles. The lowest BCUT2D eigenvalue weighted by Gasteiger charge is -2.27. The fourth-order valence-corrected chi connectivity index (χ4v) is 2.82. The molecule has 0 saturated carbocycles. The van der Waals surface area contributed by atoms with E-state index in [1.165, 1.54) is 0 Å². The smallest absolute Gasteiger partial charge is 0.243 e. The van der Waals surface area contributed by atoms with Crippen molar-refractivity contribution in [1.82, 2.24) is 21.3 Å². The fraction of sp³-hybridized carbons (Fsp3) is 0.737. The molecule has 0 bridgehead atoms. The van der Waals surface area contributed by atoms with Crippen LogP contribution >= 0.6 is 0 Å². The third kappa shape index (κ3) is 11.8. The van der Waals surface area contributed by atoms with Gasteiger partial charge in [0.2, 0.25) is 23.6 Å². The third-order valence-corrected chi connectivity index (χ3v) is 4.44. The Morgan fingerprint density at radius 1 is 0.903 bits per heavy atom. The second-order valence-electron chi connectivity index (χ2n) is 8.13. The van der Waals surface area contributed by atoms with Crippen molar-refractivity contribution in [3.8, 4) is 0 Å². The number of rotatable bonds is 14. The molecule has 0 aliphatic rings. The molecular formula is C19H38N8O4. The van der Waals surface area contributed by atoms with Crippen molar-refractivity contribution in [2.24, 2.45) is 29.0 Å². The molecule has 178 valence electrons. The molecule has 0 aromatic carbocycles. The molecule has 0 radical (unpaired) electrons. The maximum atomic E-state index is 12.8. The Labute approximate surface area is 183 Å². The number of carbonyl (C=O) groups excluding carboxylic acids is 4. The van der Waals surface area contributed by atoms with Gasteiger partial charge in [-0.05, 0) is 31.1 Å². The summed E-state index contributed by atoms with van der Waals surface area (Å²) in [5, 5.41) is 17.5. The summed E-state index contributed by atoms with van der Waals surface area (Å²) in [5.41, 5.74) is 15.9. The van der Waals surface area contributed by atoms with Crippen LogP contribution in [0.1, 0.15) is 47.0 Å². The van der Waals surface area contributed by atoms with Crippen LogP contribution in [0.2, 0.25) is 0 Å². The van der Waals surface area contributed by atoms with E-state index < -0.39 is 41.8 Å². The highest BCUT2D eigenvalue weighted by molar-refractivity contribution is 5.94. The van der Waals surface area contributed by atoms with Gasteiger partial charge in [-0.25, -0.2) is 0 Å². The van der Waals surface area contributed by atoms with Gasteiger partial charge >= 0.3 is 0 Å². The molecule has 0 spiro atoms. The first-order valence-corrected chi connectivity index (χ1v) is 10.4. The number of nitrogens with two attached hydrogens (primary N) is 3. The quantitative estimate of drug-likeness (QED) is 0.0845. The summed E-state index contributed by atoms with van der Waals surface area (Å²) >= 11 is 0. The average molecular weight is 443 g/mol. The van der Waals surface area contributed by atoms with E-state index in [1.54, 1.807) is 13.8 Å². The lowest BCUT2D eigenvalue weighted by Crippen LogP contribution is -2.58. The number of hydrogen-bond donors (Lipinski definition) is 8. The van der Waals surface area contributed by atoms with E-state index in [2.05, 4.69) is 21.3 Å². The Morgan fingerprint density at radius 3 is 1.97 bits per heavy atom. The average Bonchev–Trinajstić information content (AvgIpc) is 2.66. The highest BCUT2D eigenvalue weighted by Crippen LogP contribution is 2.09. The van der Waals surface area contributed by atoms with Gasteiger partial charge in [-0.1, -0.05) is 27.7 Å². The van der Waals surface area contributed by atoms with E-state index >= 15 is 0 Å². The molecule has 0 heterocycles. The van der Waals surface area contributed by atoms with Crippen LogP contribution in [0.5, 0.6) is 0 Å². The van der Waals surface area contributed by atoms with Crippen LogP contribution in [-0.4, -0.2) is 60.8 Å². The van der Waals surface area contributed by atoms with Gasteiger partial charge in [0, 0.05) is 6.54 Å². The van der Waals surface area contributed by atoms with Gasteiger partial charge in [-0.2, -0.15) is 0 Å². The molecule has 0 saturated heterocycles. The summed E-state index contributed by atoms with van der Waals surface area (Å²) in [5.74, 6) is -2.62. The minimum absolute atomic E-state index is 0.114. The van der Waals surface area contributed by atoms with Crippen molar-refractivity contribution in [3.05, 3.63) is 0 Å². The Balaban J connectivity index is 5.17. The summed E-state index contributed by atoms with van der Waals surface area (Å²) in [7, 11) is 0. The lowest BCUT2D eigenvalue weighted by atomic mass is 9.99. The van der Waals surface area contributed by atoms with E-state index in [-0.39, 0.29) is 30.8 Å². The molecule has 12 heteroatoms. The number of guanidine groups is 1. The van der Waals surface area contributed by atoms with Crippen molar-refractivity contribution >= 4 is 29.6 Å². The molecule has 0 fully saturated rings. The minimum atomic E-state index is -0.942. The van der Waals surface area contributed by atoms with Crippen molar-refractivity contribution in [3.63, 3.8) is 0 Å². The summed E-state index contributed by atoms with van der Waals surface area (Å²) < 4.78 is 0. The van der Waals surface area contributed by atoms with Crippen molar-refractivity contribution < 1.29 is 19.2 Å². The molecule has 0 aliphatic carbocycles. The SMILES string of the molecule is CC(C)C[C@H](NC(=O)CN)C(=O)N[C@H](C(=O)N[C@@H](CCCNC(=N)N)C(N)=O)C(C)C. The molecule has 0 aliphatic heterocycles. The van der Waals surface area contributed by atoms with Crippen molar-refractivity contribution in [1.29, 1.82) is 5.41 Å². The van der Waals surface area contributed by atoms with Crippen molar-refractivity contribution in [2.45, 2.75) is 65.1 Å². The van der Waals surface area contributed by atoms with E-state index in [4.69, 9.17) is 22.6 Å². The number of primary amides is 1. The van der Waals surface area contributed by atoms with Crippen LogP contribution in [0, 0.1) is 17.2 Å². The summed E-state index contributed by atoms with van der Waals surface area (Å²) in [6, 6.07) is -2.72. The number of hydrogen-bond acceptors (Lipinski definition) is 6. The van der Waals surface area contributed by atoms with Gasteiger partial charge < -0.3 is 38.5 Å². The second kappa shape index (κ2) is 14.2. The molecule has 12 nitrogen and oxygen atoms in total. The standard InChI is InChI=1S/C19H38N8O4/c1-10(2)8-13(25-14(28)9-20)17(30)27-15(11(3)4)18(31)26-12(16(21)29)6-5-7-24-19(22)23/h10-13,15H,5-9,20H2,1-4H3,(H2,21,29)(H,25,28)(H,26,31)(H,27,30)(H4,22,23,24)/t12-,13-,15-/m0/s1. The first-order valence-electron chi connectivity index (χ1n) is 10.4. The van der Waals surface area contributed by atoms with Crippen LogP contribution < -0.4 is 38.5 Å². The topological polar surface area (TPSA) is 218 Å². The molecular weight excluding hydrogens is 404 g/mol. The van der Waals surface area contributed by atoms with Gasteiger partial charge in [0.05, 0.1) is 6.54 Å². The lowest BCUT2D eigenvalue weighted by molar-refractivity contribution is -0.134. The maximum absolute atomic E-state index is 12.8. The first-order chi connectivity index (χ1) is 14.4. The van der Waals surface area contributed by atoms with Crippen LogP contribution in [0.15, 0.2) is 0 Å². The third-order valence-electron chi connectivity index (χ3n) is 4.44.